The third-order valence-electron chi connectivity index (χ3n) is 7.51. The summed E-state index contributed by atoms with van der Waals surface area (Å²) in [5, 5.41) is 19.4. The lowest BCUT2D eigenvalue weighted by Crippen LogP contribution is -2.46. The molecule has 6 rings (SSSR count). The maximum absolute atomic E-state index is 15.2. The Morgan fingerprint density at radius 2 is 2.00 bits per heavy atom. The molecule has 2 aromatic carbocycles. The molecule has 42 heavy (non-hydrogen) atoms. The first-order valence-electron chi connectivity index (χ1n) is 13.6. The molecule has 0 bridgehead atoms. The van der Waals surface area contributed by atoms with Crippen molar-refractivity contribution in [3.05, 3.63) is 106 Å². The predicted molar refractivity (Wildman–Crippen MR) is 159 cm³/mol. The van der Waals surface area contributed by atoms with Gasteiger partial charge >= 0.3 is 0 Å². The van der Waals surface area contributed by atoms with Crippen LogP contribution in [0.5, 0.6) is 0 Å². The monoisotopic (exact) mass is 582 g/mol. The van der Waals surface area contributed by atoms with Crippen LogP contribution in [0.4, 0.5) is 20.2 Å². The maximum atomic E-state index is 15.2. The Hall–Kier alpha value is -4.40. The first-order valence-corrected chi connectivity index (χ1v) is 13.9. The number of nitriles is 1. The lowest BCUT2D eigenvalue weighted by molar-refractivity contribution is 0.260. The van der Waals surface area contributed by atoms with E-state index < -0.39 is 17.3 Å². The highest BCUT2D eigenvalue weighted by atomic mass is 35.5. The Balaban J connectivity index is 1.46. The van der Waals surface area contributed by atoms with Crippen molar-refractivity contribution in [2.24, 2.45) is 0 Å². The van der Waals surface area contributed by atoms with Gasteiger partial charge in [-0.15, -0.1) is 5.53 Å². The second-order valence-corrected chi connectivity index (χ2v) is 10.8. The maximum Gasteiger partial charge on any atom is 0.220 e. The topological polar surface area (TPSA) is 101 Å². The predicted octanol–water partition coefficient (Wildman–Crippen LogP) is 5.76. The minimum Gasteiger partial charge on any atom is -0.378 e. The Bertz CT molecular complexity index is 1730. The fourth-order valence-electron chi connectivity index (χ4n) is 5.14. The number of nitrogens with zero attached hydrogens (tertiary/aromatic N) is 4. The quantitative estimate of drug-likeness (QED) is 0.146. The zero-order valence-electron chi connectivity index (χ0n) is 22.6. The Kier molecular flexibility index (Phi) is 7.35. The molecule has 1 aliphatic heterocycles. The van der Waals surface area contributed by atoms with Crippen molar-refractivity contribution in [3.8, 4) is 6.07 Å². The summed E-state index contributed by atoms with van der Waals surface area (Å²) >= 11 is 6.74. The van der Waals surface area contributed by atoms with Crippen LogP contribution in [0.1, 0.15) is 48.9 Å². The molecule has 2 aliphatic rings. The largest absolute Gasteiger partial charge is 0.378 e. The third kappa shape index (κ3) is 5.19. The number of fused-ring (bicyclic) bond motifs is 1. The lowest BCUT2D eigenvalue weighted by Gasteiger charge is -2.34. The van der Waals surface area contributed by atoms with E-state index in [0.29, 0.717) is 38.6 Å². The first kappa shape index (κ1) is 27.8. The van der Waals surface area contributed by atoms with Gasteiger partial charge in [-0.3, -0.25) is 9.99 Å². The van der Waals surface area contributed by atoms with Gasteiger partial charge in [0.05, 0.1) is 39.0 Å². The summed E-state index contributed by atoms with van der Waals surface area (Å²) in [5.41, 5.74) is 7.48. The van der Waals surface area contributed by atoms with E-state index in [4.69, 9.17) is 19.4 Å². The Labute approximate surface area is 248 Å². The highest BCUT2D eigenvalue weighted by Crippen LogP contribution is 2.39. The van der Waals surface area contributed by atoms with Crippen molar-refractivity contribution in [1.82, 2.24) is 25.9 Å². The van der Waals surface area contributed by atoms with E-state index in [1.165, 1.54) is 12.3 Å². The van der Waals surface area contributed by atoms with Gasteiger partial charge in [0.25, 0.3) is 0 Å². The first-order chi connectivity index (χ1) is 20.3. The van der Waals surface area contributed by atoms with Gasteiger partial charge < -0.3 is 16.1 Å². The van der Waals surface area contributed by atoms with Gasteiger partial charge in [-0.2, -0.15) is 19.0 Å². The normalized spacial score (nSPS) is 16.7. The molecule has 12 heteroatoms. The number of halogens is 3. The second kappa shape index (κ2) is 11.1. The summed E-state index contributed by atoms with van der Waals surface area (Å²) in [7, 11) is 6.92. The smallest absolute Gasteiger partial charge is 0.220 e. The van der Waals surface area contributed by atoms with E-state index >= 15 is 4.39 Å². The van der Waals surface area contributed by atoms with E-state index in [9.17, 15) is 9.65 Å². The van der Waals surface area contributed by atoms with Crippen LogP contribution < -0.4 is 21.6 Å². The fraction of sp³-hybridized carbons (Fsp3) is 0.233. The van der Waals surface area contributed by atoms with Crippen LogP contribution in [-0.2, 0) is 5.44 Å². The molecule has 2 aromatic heterocycles. The van der Waals surface area contributed by atoms with E-state index in [1.54, 1.807) is 18.3 Å². The molecule has 0 amide bonds. The average Bonchev–Trinajstić information content (AvgIpc) is 3.71. The highest BCUT2D eigenvalue weighted by molar-refractivity contribution is 6.36. The summed E-state index contributed by atoms with van der Waals surface area (Å²) in [5.74, 6) is -2.03. The van der Waals surface area contributed by atoms with Crippen molar-refractivity contribution >= 4 is 41.7 Å². The molecule has 210 valence electrons. The molecule has 0 unspecified atom stereocenters. The molecule has 1 saturated carbocycles. The molecule has 4 N–H and O–H groups in total. The standard InChI is InChI=1S/C30H26BClF2N8/c1-2-24(17-6-4-3-5-7-17)37-27-18(14-35)15-36-28-21(27)12-19(13-23(28)32)39-30(31,22-10-11-26(33)38-29(22)34)25-16-42(41-40-25)20-8-9-20/h3-7,10-13,15-16,20,24,39-41H,2,8-9H2,1H3,(H,36,37)/t24-,30+/m1/s1. The number of hydrogen-bond donors (Lipinski definition) is 4. The highest BCUT2D eigenvalue weighted by Gasteiger charge is 2.39. The molecular weight excluding hydrogens is 557 g/mol. The van der Waals surface area contributed by atoms with Gasteiger partial charge in [0.15, 0.2) is 0 Å². The molecule has 8 nitrogen and oxygen atoms in total. The van der Waals surface area contributed by atoms with Crippen LogP contribution in [0.25, 0.3) is 10.9 Å². The van der Waals surface area contributed by atoms with E-state index in [-0.39, 0.29) is 17.6 Å². The van der Waals surface area contributed by atoms with Crippen molar-refractivity contribution in [2.45, 2.75) is 43.7 Å². The van der Waals surface area contributed by atoms with Crippen LogP contribution >= 0.6 is 11.6 Å². The zero-order valence-corrected chi connectivity index (χ0v) is 23.4. The van der Waals surface area contributed by atoms with Crippen molar-refractivity contribution < 1.29 is 8.78 Å². The van der Waals surface area contributed by atoms with Crippen LogP contribution in [0.3, 0.4) is 0 Å². The van der Waals surface area contributed by atoms with Crippen LogP contribution in [0, 0.1) is 23.2 Å². The lowest BCUT2D eigenvalue weighted by atomic mass is 9.69. The molecule has 1 fully saturated rings. The van der Waals surface area contributed by atoms with Crippen LogP contribution in [-0.4, -0.2) is 28.9 Å². The van der Waals surface area contributed by atoms with Crippen LogP contribution in [0.2, 0.25) is 5.02 Å². The van der Waals surface area contributed by atoms with Crippen molar-refractivity contribution in [1.29, 1.82) is 5.26 Å². The Morgan fingerprint density at radius 3 is 2.69 bits per heavy atom. The molecule has 0 spiro atoms. The molecular formula is C30H26BClF2N8. The van der Waals surface area contributed by atoms with Gasteiger partial charge in [0.1, 0.15) is 13.9 Å². The van der Waals surface area contributed by atoms with Gasteiger partial charge in [-0.25, -0.2) is 0 Å². The summed E-state index contributed by atoms with van der Waals surface area (Å²) in [6, 6.07) is 18.0. The number of rotatable bonds is 9. The minimum absolute atomic E-state index is 0.0873. The summed E-state index contributed by atoms with van der Waals surface area (Å²) in [6.07, 6.45) is 5.99. The minimum atomic E-state index is -1.72. The summed E-state index contributed by atoms with van der Waals surface area (Å²) in [6.45, 7) is 2.05. The molecule has 2 radical (unpaired) electrons. The summed E-state index contributed by atoms with van der Waals surface area (Å²) < 4.78 is 29.0. The van der Waals surface area contributed by atoms with E-state index in [2.05, 4.69) is 44.6 Å². The molecule has 1 aliphatic carbocycles. The summed E-state index contributed by atoms with van der Waals surface area (Å²) in [4.78, 5) is 7.82. The van der Waals surface area contributed by atoms with E-state index in [0.717, 1.165) is 30.9 Å². The van der Waals surface area contributed by atoms with Gasteiger partial charge in [0.2, 0.25) is 11.9 Å². The number of hydrazine groups is 2. The third-order valence-corrected chi connectivity index (χ3v) is 7.80. The fourth-order valence-corrected chi connectivity index (χ4v) is 5.41. The number of benzene rings is 2. The van der Waals surface area contributed by atoms with Gasteiger partial charge in [0, 0.05) is 35.1 Å². The zero-order chi connectivity index (χ0) is 29.4. The van der Waals surface area contributed by atoms with Gasteiger partial charge in [-0.1, -0.05) is 48.9 Å². The average molecular weight is 583 g/mol. The molecule has 2 atom stereocenters. The molecule has 3 heterocycles. The van der Waals surface area contributed by atoms with Crippen molar-refractivity contribution in [3.63, 3.8) is 0 Å². The van der Waals surface area contributed by atoms with Gasteiger partial charge in [-0.05, 0) is 49.1 Å². The number of aromatic nitrogens is 2. The second-order valence-electron chi connectivity index (χ2n) is 10.4. The Morgan fingerprint density at radius 1 is 1.21 bits per heavy atom. The van der Waals surface area contributed by atoms with Crippen LogP contribution in [0.15, 0.2) is 72.7 Å². The number of pyridine rings is 2. The number of hydrogen-bond acceptors (Lipinski definition) is 8. The number of anilines is 2. The van der Waals surface area contributed by atoms with E-state index in [1.807, 2.05) is 35.3 Å². The molecule has 4 aromatic rings. The molecule has 0 saturated heterocycles. The van der Waals surface area contributed by atoms with Crippen molar-refractivity contribution in [2.75, 3.05) is 10.6 Å². The number of nitrogens with one attached hydrogen (secondary N) is 4. The SMILES string of the molecule is [B][C@@](Nc1cc(Cl)c2ncc(C#N)c(N[C@H](CC)c3ccccc3)c2c1)(C1=CN(C2CC2)NN1)c1ccc(F)nc1F.